The van der Waals surface area contributed by atoms with Crippen molar-refractivity contribution in [3.8, 4) is 0 Å². The number of thioether (sulfide) groups is 1. The van der Waals surface area contributed by atoms with Crippen LogP contribution in [0, 0.1) is 11.8 Å². The second-order valence-corrected chi connectivity index (χ2v) is 8.18. The molecule has 2 atom stereocenters. The molecule has 0 spiro atoms. The van der Waals surface area contributed by atoms with Gasteiger partial charge >= 0.3 is 5.30 Å². The van der Waals surface area contributed by atoms with Crippen molar-refractivity contribution in [1.82, 2.24) is 14.8 Å². The molecule has 0 aliphatic heterocycles. The molecule has 1 fully saturated rings. The van der Waals surface area contributed by atoms with Gasteiger partial charge in [0.1, 0.15) is 11.9 Å². The lowest BCUT2D eigenvalue weighted by Crippen LogP contribution is -2.40. The summed E-state index contributed by atoms with van der Waals surface area (Å²) in [6.45, 7) is 2.12. The molecular formula is C17H19Cl2N3O3S. The summed E-state index contributed by atoms with van der Waals surface area (Å²) < 4.78 is 6.17. The topological polar surface area (TPSA) is 77.2 Å². The highest BCUT2D eigenvalue weighted by atomic mass is 35.5. The van der Waals surface area contributed by atoms with Gasteiger partial charge in [-0.15, -0.1) is 0 Å². The molecule has 1 aromatic carbocycles. The van der Waals surface area contributed by atoms with Gasteiger partial charge in [0.15, 0.2) is 5.16 Å². The first-order chi connectivity index (χ1) is 12.3. The van der Waals surface area contributed by atoms with Crippen LogP contribution in [-0.4, -0.2) is 32.3 Å². The molecule has 0 radical (unpaired) electrons. The van der Waals surface area contributed by atoms with Crippen molar-refractivity contribution >= 4 is 40.3 Å². The molecule has 1 N–H and O–H groups in total. The molecule has 1 saturated carbocycles. The van der Waals surface area contributed by atoms with Gasteiger partial charge in [0.25, 0.3) is 0 Å². The lowest BCUT2D eigenvalue weighted by Gasteiger charge is -2.35. The summed E-state index contributed by atoms with van der Waals surface area (Å²) in [6.07, 6.45) is 3.47. The first-order valence-corrected chi connectivity index (χ1v) is 9.74. The third-order valence-electron chi connectivity index (χ3n) is 4.79. The van der Waals surface area contributed by atoms with Crippen molar-refractivity contribution in [3.05, 3.63) is 40.1 Å². The fourth-order valence-corrected chi connectivity index (χ4v) is 4.21. The van der Waals surface area contributed by atoms with Gasteiger partial charge in [-0.25, -0.2) is 14.5 Å². The smallest absolute Gasteiger partial charge is 0.374 e. The second kappa shape index (κ2) is 7.76. The van der Waals surface area contributed by atoms with Crippen molar-refractivity contribution in [3.63, 3.8) is 0 Å². The van der Waals surface area contributed by atoms with Crippen LogP contribution in [0.1, 0.15) is 25.3 Å². The van der Waals surface area contributed by atoms with Crippen molar-refractivity contribution in [1.29, 1.82) is 0 Å². The monoisotopic (exact) mass is 415 g/mol. The van der Waals surface area contributed by atoms with Crippen LogP contribution in [0.3, 0.4) is 0 Å². The quantitative estimate of drug-likeness (QED) is 0.557. The molecule has 0 bridgehead atoms. The summed E-state index contributed by atoms with van der Waals surface area (Å²) in [4.78, 5) is 15.7. The fourth-order valence-electron chi connectivity index (χ4n) is 3.09. The molecule has 0 amide bonds. The van der Waals surface area contributed by atoms with E-state index in [1.807, 2.05) is 6.92 Å². The number of aromatic nitrogens is 3. The Bertz CT molecular complexity index is 812. The Labute approximate surface area is 165 Å². The maximum absolute atomic E-state index is 11.7. The zero-order valence-corrected chi connectivity index (χ0v) is 16.7. The van der Waals surface area contributed by atoms with E-state index in [0.717, 1.165) is 24.6 Å². The van der Waals surface area contributed by atoms with Gasteiger partial charge in [0.2, 0.25) is 0 Å². The molecule has 3 rings (SSSR count). The Morgan fingerprint density at radius 1 is 1.50 bits per heavy atom. The van der Waals surface area contributed by atoms with Crippen molar-refractivity contribution in [2.45, 2.75) is 37.1 Å². The molecular weight excluding hydrogens is 397 g/mol. The number of halogens is 2. The third kappa shape index (κ3) is 4.01. The van der Waals surface area contributed by atoms with Crippen molar-refractivity contribution in [2.24, 2.45) is 11.8 Å². The minimum atomic E-state index is -1.28. The van der Waals surface area contributed by atoms with Gasteiger partial charge in [-0.1, -0.05) is 36.2 Å². The zero-order chi connectivity index (χ0) is 18.9. The molecule has 9 heteroatoms. The molecule has 1 heterocycles. The van der Waals surface area contributed by atoms with Crippen LogP contribution in [0.2, 0.25) is 10.0 Å². The lowest BCUT2D eigenvalue weighted by molar-refractivity contribution is -0.0461. The molecule has 26 heavy (non-hydrogen) atoms. The predicted octanol–water partition coefficient (Wildman–Crippen LogP) is 4.38. The number of methoxy groups -OCH3 is 1. The van der Waals surface area contributed by atoms with Crippen LogP contribution >= 0.6 is 35.0 Å². The second-order valence-electron chi connectivity index (χ2n) is 6.43. The van der Waals surface area contributed by atoms with Gasteiger partial charge in [-0.3, -0.25) is 0 Å². The molecule has 1 aliphatic carbocycles. The number of rotatable bonds is 6. The van der Waals surface area contributed by atoms with Gasteiger partial charge in [-0.2, -0.15) is 5.10 Å². The molecule has 1 aromatic heterocycles. The maximum Gasteiger partial charge on any atom is 0.374 e. The van der Waals surface area contributed by atoms with Crippen LogP contribution in [0.15, 0.2) is 29.7 Å². The highest BCUT2D eigenvalue weighted by molar-refractivity contribution is 8.13. The van der Waals surface area contributed by atoms with Crippen LogP contribution in [0.25, 0.3) is 0 Å². The van der Waals surface area contributed by atoms with E-state index in [-0.39, 0.29) is 12.5 Å². The van der Waals surface area contributed by atoms with E-state index in [4.69, 9.17) is 23.2 Å². The minimum Gasteiger partial charge on any atom is -0.461 e. The average molecular weight is 416 g/mol. The number of nitrogens with zero attached hydrogens (tertiary/aromatic N) is 3. The molecule has 2 unspecified atom stereocenters. The number of carbonyl (C=O) groups excluding carboxylic acids is 1. The van der Waals surface area contributed by atoms with E-state index in [2.05, 4.69) is 14.8 Å². The minimum absolute atomic E-state index is 0.0543. The number of aliphatic hydroxyl groups is 1. The van der Waals surface area contributed by atoms with E-state index in [0.29, 0.717) is 26.7 Å². The number of ether oxygens (including phenoxy) is 1. The number of benzene rings is 1. The van der Waals surface area contributed by atoms with E-state index in [9.17, 15) is 9.90 Å². The van der Waals surface area contributed by atoms with E-state index >= 15 is 0 Å². The maximum atomic E-state index is 11.7. The third-order valence-corrected chi connectivity index (χ3v) is 6.17. The van der Waals surface area contributed by atoms with E-state index in [1.165, 1.54) is 18.1 Å². The van der Waals surface area contributed by atoms with Gasteiger partial charge in [-0.05, 0) is 36.8 Å². The van der Waals surface area contributed by atoms with E-state index < -0.39 is 10.9 Å². The normalized spacial score (nSPS) is 17.6. The summed E-state index contributed by atoms with van der Waals surface area (Å²) in [5, 5.41) is 16.6. The van der Waals surface area contributed by atoms with Gasteiger partial charge in [0.05, 0.1) is 13.7 Å². The lowest BCUT2D eigenvalue weighted by atomic mass is 9.79. The molecule has 140 valence electrons. The molecule has 6 nitrogen and oxygen atoms in total. The summed E-state index contributed by atoms with van der Waals surface area (Å²) in [5.74, 6) is 0.355. The summed E-state index contributed by atoms with van der Waals surface area (Å²) in [5.41, 5.74) is -0.686. The standard InChI is InChI=1S/C17H19Cl2N3O3S/c1-10(11-3-4-11)17(24,13-6-5-12(18)7-14(13)19)8-22-15(20-9-21-22)26-16(23)25-2/h5-7,9-11,24H,3-4,8H2,1-2H3. The summed E-state index contributed by atoms with van der Waals surface area (Å²) >= 11 is 13.2. The van der Waals surface area contributed by atoms with Crippen LogP contribution in [-0.2, 0) is 16.9 Å². The summed E-state index contributed by atoms with van der Waals surface area (Å²) in [6, 6.07) is 5.07. The van der Waals surface area contributed by atoms with E-state index in [1.54, 1.807) is 18.2 Å². The van der Waals surface area contributed by atoms with Gasteiger partial charge in [0, 0.05) is 27.4 Å². The Hall–Kier alpha value is -1.28. The molecule has 0 saturated heterocycles. The van der Waals surface area contributed by atoms with Crippen LogP contribution in [0.5, 0.6) is 0 Å². The SMILES string of the molecule is COC(=O)Sc1ncnn1CC(O)(c1ccc(Cl)cc1Cl)C(C)C1CC1. The van der Waals surface area contributed by atoms with Crippen LogP contribution < -0.4 is 0 Å². The molecule has 1 aliphatic rings. The molecule has 2 aromatic rings. The Morgan fingerprint density at radius 3 is 2.85 bits per heavy atom. The fraction of sp³-hybridized carbons (Fsp3) is 0.471. The van der Waals surface area contributed by atoms with Crippen molar-refractivity contribution < 1.29 is 14.6 Å². The first kappa shape index (κ1) is 19.5. The highest BCUT2D eigenvalue weighted by Crippen LogP contribution is 2.48. The Kier molecular flexibility index (Phi) is 5.81. The largest absolute Gasteiger partial charge is 0.461 e. The Balaban J connectivity index is 1.97. The predicted molar refractivity (Wildman–Crippen MR) is 101 cm³/mol. The van der Waals surface area contributed by atoms with Gasteiger partial charge < -0.3 is 9.84 Å². The Morgan fingerprint density at radius 2 is 2.23 bits per heavy atom. The van der Waals surface area contributed by atoms with Crippen LogP contribution in [0.4, 0.5) is 4.79 Å². The highest BCUT2D eigenvalue weighted by Gasteiger charge is 2.46. The zero-order valence-electron chi connectivity index (χ0n) is 14.4. The number of hydrogen-bond donors (Lipinski definition) is 1. The number of carbonyl (C=O) groups is 1. The summed E-state index contributed by atoms with van der Waals surface area (Å²) in [7, 11) is 1.30. The average Bonchev–Trinajstić information content (AvgIpc) is 3.36. The first-order valence-electron chi connectivity index (χ1n) is 8.16. The van der Waals surface area contributed by atoms with Crippen molar-refractivity contribution in [2.75, 3.05) is 7.11 Å². The number of hydrogen-bond acceptors (Lipinski definition) is 6.